The minimum atomic E-state index is 0.202. The fraction of sp³-hybridized carbons (Fsp3) is 0.480. The van der Waals surface area contributed by atoms with Gasteiger partial charge in [0.2, 0.25) is 5.91 Å². The second-order valence-corrected chi connectivity index (χ2v) is 8.90. The predicted octanol–water partition coefficient (Wildman–Crippen LogP) is 4.91. The highest BCUT2D eigenvalue weighted by atomic mass is 16.5. The quantitative estimate of drug-likeness (QED) is 0.760. The van der Waals surface area contributed by atoms with Crippen molar-refractivity contribution in [2.45, 2.75) is 55.9 Å². The Kier molecular flexibility index (Phi) is 4.41. The monoisotopic (exact) mass is 375 g/mol. The molecule has 0 unspecified atom stereocenters. The molecule has 5 rings (SSSR count). The summed E-state index contributed by atoms with van der Waals surface area (Å²) in [7, 11) is 1.74. The van der Waals surface area contributed by atoms with Crippen LogP contribution in [0.5, 0.6) is 5.75 Å². The molecule has 3 aliphatic rings. The van der Waals surface area contributed by atoms with Gasteiger partial charge in [0, 0.05) is 18.5 Å². The first-order valence-corrected chi connectivity index (χ1v) is 10.7. The number of hydrogen-bond acceptors (Lipinski definition) is 2. The lowest BCUT2D eigenvalue weighted by atomic mass is 9.63. The number of amides is 1. The molecule has 2 bridgehead atoms. The van der Waals surface area contributed by atoms with Crippen LogP contribution >= 0.6 is 0 Å². The number of benzene rings is 2. The zero-order valence-electron chi connectivity index (χ0n) is 16.6. The molecule has 0 radical (unpaired) electrons. The van der Waals surface area contributed by atoms with Gasteiger partial charge in [0.05, 0.1) is 7.11 Å². The second-order valence-electron chi connectivity index (χ2n) is 8.90. The predicted molar refractivity (Wildman–Crippen MR) is 111 cm³/mol. The number of carbonyl (C=O) groups is 1. The molecule has 1 heterocycles. The number of rotatable bonds is 4. The van der Waals surface area contributed by atoms with Gasteiger partial charge in [0.1, 0.15) is 5.75 Å². The maximum Gasteiger partial charge on any atom is 0.226 e. The number of piperidine rings is 1. The van der Waals surface area contributed by atoms with Gasteiger partial charge >= 0.3 is 0 Å². The standard InChI is InChI=1S/C25H29NO2/c1-28-21-11-5-9-19(15-21)25-12-6-10-20(17-25)26(14-13-25)24(27)23-16-22(23)18-7-3-2-4-8-18/h2-5,7-9,11,15,20,22-23H,6,10,12-14,16-17H2,1H3/t20-,22+,23-,25+/m1/s1. The molecule has 2 aliphatic carbocycles. The Morgan fingerprint density at radius 2 is 1.96 bits per heavy atom. The SMILES string of the molecule is COc1cccc([C@]23CCC[C@H](C2)N(C(=O)[C@@H]2C[C@H]2c2ccccc2)CC3)c1. The van der Waals surface area contributed by atoms with Gasteiger partial charge in [-0.1, -0.05) is 48.9 Å². The van der Waals surface area contributed by atoms with E-state index in [0.717, 1.165) is 38.0 Å². The molecule has 28 heavy (non-hydrogen) atoms. The number of fused-ring (bicyclic) bond motifs is 2. The smallest absolute Gasteiger partial charge is 0.226 e. The zero-order chi connectivity index (χ0) is 19.1. The van der Waals surface area contributed by atoms with Crippen molar-refractivity contribution in [3.63, 3.8) is 0 Å². The Balaban J connectivity index is 1.32. The molecule has 3 heteroatoms. The minimum Gasteiger partial charge on any atom is -0.497 e. The molecule has 2 aromatic carbocycles. The summed E-state index contributed by atoms with van der Waals surface area (Å²) in [6.07, 6.45) is 6.79. The van der Waals surface area contributed by atoms with E-state index in [9.17, 15) is 4.79 Å². The molecule has 1 aliphatic heterocycles. The van der Waals surface area contributed by atoms with Gasteiger partial charge in [-0.25, -0.2) is 0 Å². The van der Waals surface area contributed by atoms with E-state index < -0.39 is 0 Å². The lowest BCUT2D eigenvalue weighted by molar-refractivity contribution is -0.138. The summed E-state index contributed by atoms with van der Waals surface area (Å²) in [6, 6.07) is 19.6. The van der Waals surface area contributed by atoms with Crippen LogP contribution in [0.25, 0.3) is 0 Å². The van der Waals surface area contributed by atoms with Crippen LogP contribution in [0.2, 0.25) is 0 Å². The van der Waals surface area contributed by atoms with Crippen LogP contribution in [0.4, 0.5) is 0 Å². The lowest BCUT2D eigenvalue weighted by Crippen LogP contribution is -2.54. The van der Waals surface area contributed by atoms with Crippen LogP contribution in [0.1, 0.15) is 55.6 Å². The van der Waals surface area contributed by atoms with E-state index in [0.29, 0.717) is 17.9 Å². The van der Waals surface area contributed by atoms with Crippen LogP contribution in [0, 0.1) is 5.92 Å². The first-order chi connectivity index (χ1) is 13.7. The number of hydrogen-bond donors (Lipinski definition) is 0. The van der Waals surface area contributed by atoms with Crippen molar-refractivity contribution in [1.29, 1.82) is 0 Å². The van der Waals surface area contributed by atoms with Gasteiger partial charge in [-0.15, -0.1) is 0 Å². The Hall–Kier alpha value is -2.29. The molecule has 2 aromatic rings. The number of ether oxygens (including phenoxy) is 1. The molecule has 4 atom stereocenters. The number of carbonyl (C=O) groups excluding carboxylic acids is 1. The summed E-state index contributed by atoms with van der Waals surface area (Å²) in [5.74, 6) is 1.98. The van der Waals surface area contributed by atoms with Gasteiger partial charge in [0.25, 0.3) is 0 Å². The average molecular weight is 376 g/mol. The van der Waals surface area contributed by atoms with E-state index in [2.05, 4.69) is 47.4 Å². The first kappa shape index (κ1) is 17.8. The van der Waals surface area contributed by atoms with Crippen molar-refractivity contribution >= 4 is 5.91 Å². The Morgan fingerprint density at radius 3 is 2.79 bits per heavy atom. The maximum atomic E-state index is 13.3. The van der Waals surface area contributed by atoms with Gasteiger partial charge in [0.15, 0.2) is 0 Å². The van der Waals surface area contributed by atoms with Crippen molar-refractivity contribution in [3.05, 3.63) is 65.7 Å². The largest absolute Gasteiger partial charge is 0.497 e. The molecule has 2 saturated carbocycles. The summed E-state index contributed by atoms with van der Waals surface area (Å²) in [5.41, 5.74) is 2.95. The number of methoxy groups -OCH3 is 1. The van der Waals surface area contributed by atoms with Gasteiger partial charge in [-0.05, 0) is 66.7 Å². The van der Waals surface area contributed by atoms with Crippen molar-refractivity contribution in [3.8, 4) is 5.75 Å². The van der Waals surface area contributed by atoms with E-state index >= 15 is 0 Å². The van der Waals surface area contributed by atoms with Crippen LogP contribution < -0.4 is 4.74 Å². The van der Waals surface area contributed by atoms with Crippen molar-refractivity contribution in [2.24, 2.45) is 5.92 Å². The third kappa shape index (κ3) is 3.01. The van der Waals surface area contributed by atoms with E-state index in [4.69, 9.17) is 4.74 Å². The molecule has 146 valence electrons. The van der Waals surface area contributed by atoms with Gasteiger partial charge in [-0.2, -0.15) is 0 Å². The summed E-state index contributed by atoms with van der Waals surface area (Å²) in [6.45, 7) is 0.902. The molecule has 3 fully saturated rings. The minimum absolute atomic E-state index is 0.202. The van der Waals surface area contributed by atoms with E-state index in [1.54, 1.807) is 7.11 Å². The fourth-order valence-corrected chi connectivity index (χ4v) is 5.74. The highest BCUT2D eigenvalue weighted by Gasteiger charge is 2.50. The normalized spacial score (nSPS) is 31.3. The van der Waals surface area contributed by atoms with Crippen LogP contribution in [0.3, 0.4) is 0 Å². The summed E-state index contributed by atoms with van der Waals surface area (Å²) >= 11 is 0. The molecular weight excluding hydrogens is 346 g/mol. The van der Waals surface area contributed by atoms with Crippen LogP contribution in [-0.4, -0.2) is 30.5 Å². The van der Waals surface area contributed by atoms with Gasteiger partial charge in [-0.3, -0.25) is 4.79 Å². The topological polar surface area (TPSA) is 29.5 Å². The third-order valence-corrected chi connectivity index (χ3v) is 7.39. The van der Waals surface area contributed by atoms with Crippen molar-refractivity contribution in [1.82, 2.24) is 4.90 Å². The van der Waals surface area contributed by atoms with Crippen molar-refractivity contribution in [2.75, 3.05) is 13.7 Å². The summed E-state index contributed by atoms with van der Waals surface area (Å²) < 4.78 is 5.47. The highest BCUT2D eigenvalue weighted by Crippen LogP contribution is 2.52. The molecule has 1 saturated heterocycles. The maximum absolute atomic E-state index is 13.3. The third-order valence-electron chi connectivity index (χ3n) is 7.39. The summed E-state index contributed by atoms with van der Waals surface area (Å²) in [5, 5.41) is 0. The lowest BCUT2D eigenvalue weighted by Gasteiger charge is -2.51. The van der Waals surface area contributed by atoms with Crippen LogP contribution in [0.15, 0.2) is 54.6 Å². The van der Waals surface area contributed by atoms with E-state index in [-0.39, 0.29) is 11.3 Å². The zero-order valence-corrected chi connectivity index (χ0v) is 16.6. The average Bonchev–Trinajstić information content (AvgIpc) is 3.55. The molecular formula is C25H29NO2. The Morgan fingerprint density at radius 1 is 1.11 bits per heavy atom. The Bertz CT molecular complexity index is 864. The fourth-order valence-electron chi connectivity index (χ4n) is 5.74. The van der Waals surface area contributed by atoms with Crippen LogP contribution in [-0.2, 0) is 10.2 Å². The second kappa shape index (κ2) is 6.95. The molecule has 0 aromatic heterocycles. The Labute approximate surface area is 167 Å². The summed E-state index contributed by atoms with van der Waals surface area (Å²) in [4.78, 5) is 15.5. The molecule has 0 N–H and O–H groups in total. The van der Waals surface area contributed by atoms with Gasteiger partial charge < -0.3 is 9.64 Å². The molecule has 3 nitrogen and oxygen atoms in total. The molecule has 1 amide bonds. The first-order valence-electron chi connectivity index (χ1n) is 10.7. The van der Waals surface area contributed by atoms with E-state index in [1.165, 1.54) is 24.0 Å². The van der Waals surface area contributed by atoms with Crippen molar-refractivity contribution < 1.29 is 9.53 Å². The highest BCUT2D eigenvalue weighted by molar-refractivity contribution is 5.83. The molecule has 0 spiro atoms. The van der Waals surface area contributed by atoms with E-state index in [1.807, 2.05) is 12.1 Å². The number of likely N-dealkylation sites (tertiary alicyclic amines) is 1. The number of nitrogens with zero attached hydrogens (tertiary/aromatic N) is 1.